The van der Waals surface area contributed by atoms with E-state index in [1.165, 1.54) is 0 Å². The monoisotopic (exact) mass is 218 g/mol. The highest BCUT2D eigenvalue weighted by molar-refractivity contribution is 6.30. The van der Waals surface area contributed by atoms with Crippen molar-refractivity contribution in [1.82, 2.24) is 0 Å². The zero-order valence-corrected chi connectivity index (χ0v) is 9.17. The molecule has 0 aromatic heterocycles. The van der Waals surface area contributed by atoms with Gasteiger partial charge >= 0.3 is 0 Å². The second kappa shape index (κ2) is 5.29. The summed E-state index contributed by atoms with van der Waals surface area (Å²) < 4.78 is 0. The second-order valence-electron chi connectivity index (χ2n) is 3.26. The van der Waals surface area contributed by atoms with Crippen molar-refractivity contribution < 1.29 is 0 Å². The van der Waals surface area contributed by atoms with Crippen molar-refractivity contribution in [3.05, 3.63) is 28.8 Å². The summed E-state index contributed by atoms with van der Waals surface area (Å²) in [7, 11) is 0. The zero-order valence-electron chi connectivity index (χ0n) is 8.42. The van der Waals surface area contributed by atoms with Gasteiger partial charge in [0.2, 0.25) is 0 Å². The Balaban J connectivity index is 2.89. The zero-order chi connectivity index (χ0) is 11.3. The molecule has 1 aromatic carbocycles. The van der Waals surface area contributed by atoms with Crippen LogP contribution in [0.25, 0.3) is 0 Å². The first-order valence-corrected chi connectivity index (χ1v) is 4.95. The fourth-order valence-corrected chi connectivity index (χ4v) is 1.40. The summed E-state index contributed by atoms with van der Waals surface area (Å²) in [5.41, 5.74) is 1.30. The van der Waals surface area contributed by atoms with Crippen LogP contribution in [0.3, 0.4) is 0 Å². The van der Waals surface area contributed by atoms with Gasteiger partial charge in [0.05, 0.1) is 11.3 Å². The van der Waals surface area contributed by atoms with Crippen molar-refractivity contribution in [2.24, 2.45) is 0 Å². The second-order valence-corrected chi connectivity index (χ2v) is 3.69. The van der Waals surface area contributed by atoms with Crippen molar-refractivity contribution in [3.63, 3.8) is 0 Å². The van der Waals surface area contributed by atoms with Gasteiger partial charge in [0.25, 0.3) is 0 Å². The first-order chi connectivity index (χ1) is 7.17. The minimum atomic E-state index is 0.126. The smallest absolute Gasteiger partial charge is 0.101 e. The molecule has 1 aromatic rings. The maximum atomic E-state index is 8.88. The van der Waals surface area contributed by atoms with Gasteiger partial charge in [-0.05, 0) is 25.1 Å². The first-order valence-electron chi connectivity index (χ1n) is 4.57. The number of nitriles is 1. The molecule has 0 saturated carbocycles. The number of hydrogen-bond donors (Lipinski definition) is 1. The van der Waals surface area contributed by atoms with Crippen LogP contribution in [0.5, 0.6) is 0 Å². The molecule has 0 heterocycles. The molecule has 0 saturated heterocycles. The lowest BCUT2D eigenvalue weighted by Gasteiger charge is -2.13. The number of terminal acetylenes is 1. The van der Waals surface area contributed by atoms with Crippen LogP contribution in [0.15, 0.2) is 18.2 Å². The maximum Gasteiger partial charge on any atom is 0.101 e. The molecular formula is C12H11ClN2. The highest BCUT2D eigenvalue weighted by Gasteiger charge is 2.05. The number of nitrogens with zero attached hydrogens (tertiary/aromatic N) is 1. The van der Waals surface area contributed by atoms with E-state index < -0.39 is 0 Å². The molecule has 0 aliphatic heterocycles. The van der Waals surface area contributed by atoms with Crippen LogP contribution in [0.2, 0.25) is 5.02 Å². The lowest BCUT2D eigenvalue weighted by atomic mass is 10.1. The third kappa shape index (κ3) is 3.20. The highest BCUT2D eigenvalue weighted by atomic mass is 35.5. The molecule has 0 bridgehead atoms. The molecule has 2 nitrogen and oxygen atoms in total. The van der Waals surface area contributed by atoms with Gasteiger partial charge in [-0.25, -0.2) is 0 Å². The van der Waals surface area contributed by atoms with Crippen LogP contribution in [0, 0.1) is 23.7 Å². The van der Waals surface area contributed by atoms with Crippen LogP contribution in [-0.2, 0) is 0 Å². The molecule has 1 unspecified atom stereocenters. The molecule has 0 fully saturated rings. The van der Waals surface area contributed by atoms with Gasteiger partial charge in [-0.1, -0.05) is 11.6 Å². The average molecular weight is 219 g/mol. The Morgan fingerprint density at radius 1 is 1.60 bits per heavy atom. The summed E-state index contributed by atoms with van der Waals surface area (Å²) in [4.78, 5) is 0. The Hall–Kier alpha value is -1.64. The van der Waals surface area contributed by atoms with Gasteiger partial charge in [-0.15, -0.1) is 12.3 Å². The van der Waals surface area contributed by atoms with Gasteiger partial charge in [0.1, 0.15) is 6.07 Å². The minimum absolute atomic E-state index is 0.126. The predicted octanol–water partition coefficient (Wildman–Crippen LogP) is 3.04. The van der Waals surface area contributed by atoms with E-state index in [9.17, 15) is 0 Å². The molecule has 3 heteroatoms. The summed E-state index contributed by atoms with van der Waals surface area (Å²) in [5, 5.41) is 12.6. The fraction of sp³-hybridized carbons (Fsp3) is 0.250. The van der Waals surface area contributed by atoms with Crippen molar-refractivity contribution >= 4 is 17.3 Å². The number of halogens is 1. The van der Waals surface area contributed by atoms with Gasteiger partial charge in [-0.3, -0.25) is 0 Å². The van der Waals surface area contributed by atoms with Crippen LogP contribution in [0.4, 0.5) is 5.69 Å². The van der Waals surface area contributed by atoms with E-state index in [-0.39, 0.29) is 6.04 Å². The SMILES string of the molecule is C#CCC(C)Nc1cc(Cl)ccc1C#N. The molecule has 0 aliphatic rings. The molecule has 0 radical (unpaired) electrons. The highest BCUT2D eigenvalue weighted by Crippen LogP contribution is 2.21. The lowest BCUT2D eigenvalue weighted by molar-refractivity contribution is 0.828. The summed E-state index contributed by atoms with van der Waals surface area (Å²) >= 11 is 5.84. The quantitative estimate of drug-likeness (QED) is 0.792. The molecule has 1 atom stereocenters. The van der Waals surface area contributed by atoms with Crippen molar-refractivity contribution in [3.8, 4) is 18.4 Å². The number of rotatable bonds is 3. The molecule has 0 spiro atoms. The third-order valence-corrected chi connectivity index (χ3v) is 2.16. The van der Waals surface area contributed by atoms with E-state index in [1.807, 2.05) is 6.92 Å². The number of benzene rings is 1. The average Bonchev–Trinajstić information content (AvgIpc) is 2.18. The Morgan fingerprint density at radius 2 is 2.33 bits per heavy atom. The van der Waals surface area contributed by atoms with Crippen molar-refractivity contribution in [1.29, 1.82) is 5.26 Å². The van der Waals surface area contributed by atoms with E-state index in [0.717, 1.165) is 5.69 Å². The van der Waals surface area contributed by atoms with E-state index in [2.05, 4.69) is 17.3 Å². The molecule has 1 N–H and O–H groups in total. The Bertz CT molecular complexity index is 426. The number of hydrogen-bond acceptors (Lipinski definition) is 2. The largest absolute Gasteiger partial charge is 0.381 e. The summed E-state index contributed by atoms with van der Waals surface area (Å²) in [6.07, 6.45) is 5.81. The third-order valence-electron chi connectivity index (χ3n) is 1.93. The Morgan fingerprint density at radius 3 is 2.93 bits per heavy atom. The van der Waals surface area contributed by atoms with Crippen LogP contribution in [-0.4, -0.2) is 6.04 Å². The topological polar surface area (TPSA) is 35.8 Å². The lowest BCUT2D eigenvalue weighted by Crippen LogP contribution is -2.14. The van der Waals surface area contributed by atoms with Crippen LogP contribution >= 0.6 is 11.6 Å². The van der Waals surface area contributed by atoms with Gasteiger partial charge in [0.15, 0.2) is 0 Å². The molecule has 76 valence electrons. The number of anilines is 1. The molecule has 0 amide bonds. The molecular weight excluding hydrogens is 208 g/mol. The van der Waals surface area contributed by atoms with E-state index in [1.54, 1.807) is 18.2 Å². The molecule has 0 aliphatic carbocycles. The van der Waals surface area contributed by atoms with Crippen LogP contribution < -0.4 is 5.32 Å². The van der Waals surface area contributed by atoms with E-state index in [0.29, 0.717) is 17.0 Å². The summed E-state index contributed by atoms with van der Waals surface area (Å²) in [6.45, 7) is 1.96. The normalized spacial score (nSPS) is 11.2. The summed E-state index contributed by atoms with van der Waals surface area (Å²) in [5.74, 6) is 2.56. The first kappa shape index (κ1) is 11.4. The Labute approximate surface area is 94.9 Å². The van der Waals surface area contributed by atoms with Gasteiger partial charge < -0.3 is 5.32 Å². The number of nitrogens with one attached hydrogen (secondary N) is 1. The van der Waals surface area contributed by atoms with Crippen LogP contribution in [0.1, 0.15) is 18.9 Å². The van der Waals surface area contributed by atoms with E-state index in [4.69, 9.17) is 23.3 Å². The maximum absolute atomic E-state index is 8.88. The summed E-state index contributed by atoms with van der Waals surface area (Å²) in [6, 6.07) is 7.33. The van der Waals surface area contributed by atoms with Crippen molar-refractivity contribution in [2.45, 2.75) is 19.4 Å². The Kier molecular flexibility index (Phi) is 4.03. The van der Waals surface area contributed by atoms with Gasteiger partial charge in [0, 0.05) is 17.5 Å². The minimum Gasteiger partial charge on any atom is -0.381 e. The van der Waals surface area contributed by atoms with E-state index >= 15 is 0 Å². The predicted molar refractivity (Wildman–Crippen MR) is 62.7 cm³/mol. The molecule has 15 heavy (non-hydrogen) atoms. The van der Waals surface area contributed by atoms with Crippen molar-refractivity contribution in [2.75, 3.05) is 5.32 Å². The standard InChI is InChI=1S/C12H11ClN2/c1-3-4-9(2)15-12-7-11(13)6-5-10(12)8-14/h1,5-7,9,15H,4H2,2H3. The molecule has 1 rings (SSSR count). The fourth-order valence-electron chi connectivity index (χ4n) is 1.23. The van der Waals surface area contributed by atoms with Gasteiger partial charge in [-0.2, -0.15) is 5.26 Å².